The van der Waals surface area contributed by atoms with Crippen molar-refractivity contribution in [2.45, 2.75) is 27.3 Å². The predicted octanol–water partition coefficient (Wildman–Crippen LogP) is 2.32. The van der Waals surface area contributed by atoms with E-state index in [0.717, 1.165) is 24.6 Å². The standard InChI is InChI=1S/C14H20N4/c1-11(2)8-16-10-13-9-15-5-4-14(13)18-7-6-17-12(18)3/h4-7,9,11,16H,8,10H2,1-3H3. The van der Waals surface area contributed by atoms with Crippen molar-refractivity contribution in [1.29, 1.82) is 0 Å². The molecule has 0 radical (unpaired) electrons. The molecule has 1 N–H and O–H groups in total. The molecule has 0 saturated heterocycles. The monoisotopic (exact) mass is 244 g/mol. The van der Waals surface area contributed by atoms with E-state index in [9.17, 15) is 0 Å². The van der Waals surface area contributed by atoms with E-state index in [0.29, 0.717) is 5.92 Å². The minimum atomic E-state index is 0.653. The summed E-state index contributed by atoms with van der Waals surface area (Å²) in [6.07, 6.45) is 7.54. The highest BCUT2D eigenvalue weighted by Crippen LogP contribution is 2.14. The van der Waals surface area contributed by atoms with E-state index in [1.165, 1.54) is 5.56 Å². The molecule has 0 atom stereocenters. The van der Waals surface area contributed by atoms with Crippen LogP contribution in [0.1, 0.15) is 25.2 Å². The Bertz CT molecular complexity index is 502. The smallest absolute Gasteiger partial charge is 0.110 e. The quantitative estimate of drug-likeness (QED) is 0.877. The predicted molar refractivity (Wildman–Crippen MR) is 72.6 cm³/mol. The van der Waals surface area contributed by atoms with Gasteiger partial charge in [-0.25, -0.2) is 4.98 Å². The van der Waals surface area contributed by atoms with Crippen LogP contribution in [0.4, 0.5) is 0 Å². The molecule has 2 aromatic rings. The summed E-state index contributed by atoms with van der Waals surface area (Å²) in [5.41, 5.74) is 2.34. The molecule has 0 bridgehead atoms. The van der Waals surface area contributed by atoms with E-state index < -0.39 is 0 Å². The van der Waals surface area contributed by atoms with Crippen molar-refractivity contribution in [3.8, 4) is 5.69 Å². The van der Waals surface area contributed by atoms with Gasteiger partial charge in [0.05, 0.1) is 5.69 Å². The Morgan fingerprint density at radius 2 is 2.17 bits per heavy atom. The number of aryl methyl sites for hydroxylation is 1. The molecule has 4 nitrogen and oxygen atoms in total. The number of nitrogens with one attached hydrogen (secondary N) is 1. The summed E-state index contributed by atoms with van der Waals surface area (Å²) in [6.45, 7) is 8.26. The summed E-state index contributed by atoms with van der Waals surface area (Å²) in [6, 6.07) is 2.03. The van der Waals surface area contributed by atoms with Crippen LogP contribution in [0.25, 0.3) is 5.69 Å². The summed E-state index contributed by atoms with van der Waals surface area (Å²) in [5, 5.41) is 3.45. The van der Waals surface area contributed by atoms with E-state index in [1.807, 2.05) is 37.8 Å². The van der Waals surface area contributed by atoms with Gasteiger partial charge >= 0.3 is 0 Å². The van der Waals surface area contributed by atoms with Crippen molar-refractivity contribution >= 4 is 0 Å². The molecule has 0 saturated carbocycles. The lowest BCUT2D eigenvalue weighted by molar-refractivity contribution is 0.551. The van der Waals surface area contributed by atoms with Gasteiger partial charge in [0.15, 0.2) is 0 Å². The lowest BCUT2D eigenvalue weighted by atomic mass is 10.2. The van der Waals surface area contributed by atoms with Gasteiger partial charge in [-0.3, -0.25) is 4.98 Å². The minimum Gasteiger partial charge on any atom is -0.312 e. The number of aromatic nitrogens is 3. The van der Waals surface area contributed by atoms with Crippen LogP contribution in [0.15, 0.2) is 30.9 Å². The van der Waals surface area contributed by atoms with E-state index in [2.05, 4.69) is 33.7 Å². The van der Waals surface area contributed by atoms with Gasteiger partial charge in [0.1, 0.15) is 5.82 Å². The first-order chi connectivity index (χ1) is 8.68. The Kier molecular flexibility index (Phi) is 4.10. The molecule has 0 fully saturated rings. The fourth-order valence-corrected chi connectivity index (χ4v) is 1.92. The lowest BCUT2D eigenvalue weighted by Gasteiger charge is -2.13. The van der Waals surface area contributed by atoms with E-state index in [-0.39, 0.29) is 0 Å². The number of rotatable bonds is 5. The highest BCUT2D eigenvalue weighted by Gasteiger charge is 2.06. The van der Waals surface area contributed by atoms with Crippen molar-refractivity contribution in [3.63, 3.8) is 0 Å². The molecule has 0 unspecified atom stereocenters. The Hall–Kier alpha value is -1.68. The van der Waals surface area contributed by atoms with Crippen molar-refractivity contribution < 1.29 is 0 Å². The van der Waals surface area contributed by atoms with Gasteiger partial charge in [0, 0.05) is 36.9 Å². The highest BCUT2D eigenvalue weighted by atomic mass is 15.1. The molecule has 0 aliphatic carbocycles. The van der Waals surface area contributed by atoms with Crippen LogP contribution < -0.4 is 5.32 Å². The molecule has 4 heteroatoms. The van der Waals surface area contributed by atoms with E-state index in [4.69, 9.17) is 0 Å². The van der Waals surface area contributed by atoms with Crippen LogP contribution in [-0.4, -0.2) is 21.1 Å². The average Bonchev–Trinajstić information content (AvgIpc) is 2.76. The third-order valence-corrected chi connectivity index (χ3v) is 2.83. The maximum absolute atomic E-state index is 4.26. The van der Waals surface area contributed by atoms with Crippen LogP contribution in [0, 0.1) is 12.8 Å². The van der Waals surface area contributed by atoms with Gasteiger partial charge in [0.2, 0.25) is 0 Å². The first-order valence-corrected chi connectivity index (χ1v) is 6.32. The Labute approximate surface area is 108 Å². The largest absolute Gasteiger partial charge is 0.312 e. The molecule has 2 rings (SSSR count). The fourth-order valence-electron chi connectivity index (χ4n) is 1.92. The Morgan fingerprint density at radius 1 is 1.33 bits per heavy atom. The molecule has 0 aliphatic rings. The number of hydrogen-bond donors (Lipinski definition) is 1. The molecule has 0 spiro atoms. The second-order valence-electron chi connectivity index (χ2n) is 4.87. The van der Waals surface area contributed by atoms with Gasteiger partial charge in [-0.2, -0.15) is 0 Å². The molecule has 0 aromatic carbocycles. The topological polar surface area (TPSA) is 42.7 Å². The third-order valence-electron chi connectivity index (χ3n) is 2.83. The summed E-state index contributed by atoms with van der Waals surface area (Å²) in [4.78, 5) is 8.47. The van der Waals surface area contributed by atoms with Crippen molar-refractivity contribution in [2.75, 3.05) is 6.54 Å². The van der Waals surface area contributed by atoms with Crippen LogP contribution in [0.2, 0.25) is 0 Å². The van der Waals surface area contributed by atoms with Gasteiger partial charge in [-0.1, -0.05) is 13.8 Å². The Balaban J connectivity index is 2.18. The van der Waals surface area contributed by atoms with Crippen LogP contribution in [0.3, 0.4) is 0 Å². The molecule has 0 amide bonds. The second-order valence-corrected chi connectivity index (χ2v) is 4.87. The van der Waals surface area contributed by atoms with Gasteiger partial charge in [-0.05, 0) is 25.5 Å². The molecule has 0 aliphatic heterocycles. The zero-order chi connectivity index (χ0) is 13.0. The second kappa shape index (κ2) is 5.78. The fraction of sp³-hybridized carbons (Fsp3) is 0.429. The number of imidazole rings is 1. The molecular weight excluding hydrogens is 224 g/mol. The normalized spacial score (nSPS) is 11.1. The Morgan fingerprint density at radius 3 is 2.83 bits per heavy atom. The minimum absolute atomic E-state index is 0.653. The SMILES string of the molecule is Cc1nccn1-c1ccncc1CNCC(C)C. The van der Waals surface area contributed by atoms with E-state index in [1.54, 1.807) is 0 Å². The van der Waals surface area contributed by atoms with Crippen LogP contribution >= 0.6 is 0 Å². The number of pyridine rings is 1. The molecule has 2 heterocycles. The highest BCUT2D eigenvalue weighted by molar-refractivity contribution is 5.39. The van der Waals surface area contributed by atoms with Gasteiger partial charge < -0.3 is 9.88 Å². The summed E-state index contributed by atoms with van der Waals surface area (Å²) >= 11 is 0. The maximum atomic E-state index is 4.26. The van der Waals surface area contributed by atoms with Gasteiger partial charge in [-0.15, -0.1) is 0 Å². The zero-order valence-electron chi connectivity index (χ0n) is 11.2. The zero-order valence-corrected chi connectivity index (χ0v) is 11.2. The maximum Gasteiger partial charge on any atom is 0.110 e. The molecule has 18 heavy (non-hydrogen) atoms. The summed E-state index contributed by atoms with van der Waals surface area (Å²) in [5.74, 6) is 1.64. The van der Waals surface area contributed by atoms with Crippen LogP contribution in [0.5, 0.6) is 0 Å². The average molecular weight is 244 g/mol. The van der Waals surface area contributed by atoms with Crippen molar-refractivity contribution in [2.24, 2.45) is 5.92 Å². The first-order valence-electron chi connectivity index (χ1n) is 6.32. The van der Waals surface area contributed by atoms with E-state index >= 15 is 0 Å². The van der Waals surface area contributed by atoms with Crippen molar-refractivity contribution in [1.82, 2.24) is 19.9 Å². The van der Waals surface area contributed by atoms with Crippen molar-refractivity contribution in [3.05, 3.63) is 42.2 Å². The van der Waals surface area contributed by atoms with Crippen LogP contribution in [-0.2, 0) is 6.54 Å². The molecule has 96 valence electrons. The third kappa shape index (κ3) is 2.96. The van der Waals surface area contributed by atoms with Gasteiger partial charge in [0.25, 0.3) is 0 Å². The number of nitrogens with zero attached hydrogens (tertiary/aromatic N) is 3. The first kappa shape index (κ1) is 12.8. The summed E-state index contributed by atoms with van der Waals surface area (Å²) < 4.78 is 2.09. The number of hydrogen-bond acceptors (Lipinski definition) is 3. The lowest BCUT2D eigenvalue weighted by Crippen LogP contribution is -2.20. The molecular formula is C14H20N4. The molecule has 2 aromatic heterocycles. The summed E-state index contributed by atoms with van der Waals surface area (Å²) in [7, 11) is 0.